The molecule has 1 aliphatic rings. The fraction of sp³-hybridized carbons (Fsp3) is 0.125. The van der Waals surface area contributed by atoms with Crippen LogP contribution in [0.2, 0.25) is 0 Å². The molecule has 1 heterocycles. The van der Waals surface area contributed by atoms with Crippen LogP contribution in [-0.4, -0.2) is 6.21 Å². The van der Waals surface area contributed by atoms with Gasteiger partial charge in [0, 0.05) is 6.21 Å². The maximum atomic E-state index is 5.68. The molecule has 0 amide bonds. The predicted molar refractivity (Wildman–Crippen MR) is 48.5 cm³/mol. The number of allylic oxidation sites excluding steroid dienone is 4. The lowest BCUT2D eigenvalue weighted by molar-refractivity contribution is 0.999. The Kier molecular flexibility index (Phi) is 2.93. The lowest BCUT2D eigenvalue weighted by atomic mass is 10.4. The third-order valence-electron chi connectivity index (χ3n) is 1.13. The number of halogens is 1. The molecular formula is C8H9ClN2. The molecule has 2 nitrogen and oxygen atoms in total. The standard InChI is InChI=1S/C8H9ClN2/c1-2-3-4-8-10-6-5-7(9)11-8/h2-6,11H,1H3/b3-2+,8-4+. The second-order valence-electron chi connectivity index (χ2n) is 2.00. The zero-order valence-corrected chi connectivity index (χ0v) is 6.97. The SMILES string of the molecule is C/C=C/C=C1\N=CC=C(Cl)N1. The zero-order valence-electron chi connectivity index (χ0n) is 6.21. The Labute approximate surface area is 71.0 Å². The molecule has 0 aromatic carbocycles. The summed E-state index contributed by atoms with van der Waals surface area (Å²) in [7, 11) is 0. The van der Waals surface area contributed by atoms with Crippen molar-refractivity contribution < 1.29 is 0 Å². The quantitative estimate of drug-likeness (QED) is 0.597. The molecule has 11 heavy (non-hydrogen) atoms. The van der Waals surface area contributed by atoms with Gasteiger partial charge in [0.1, 0.15) is 11.0 Å². The van der Waals surface area contributed by atoms with Crippen molar-refractivity contribution in [3.8, 4) is 0 Å². The van der Waals surface area contributed by atoms with Crippen LogP contribution in [0.3, 0.4) is 0 Å². The normalized spacial score (nSPS) is 20.5. The van der Waals surface area contributed by atoms with Crippen molar-refractivity contribution in [3.63, 3.8) is 0 Å². The molecule has 0 unspecified atom stereocenters. The van der Waals surface area contributed by atoms with Gasteiger partial charge in [-0.25, -0.2) is 4.99 Å². The van der Waals surface area contributed by atoms with Crippen molar-refractivity contribution >= 4 is 17.8 Å². The first-order valence-corrected chi connectivity index (χ1v) is 3.70. The maximum absolute atomic E-state index is 5.68. The largest absolute Gasteiger partial charge is 0.331 e. The number of aliphatic imine (C=N–C) groups is 1. The molecule has 1 N–H and O–H groups in total. The summed E-state index contributed by atoms with van der Waals surface area (Å²) in [5, 5.41) is 3.48. The molecular weight excluding hydrogens is 160 g/mol. The molecule has 1 rings (SSSR count). The molecule has 3 heteroatoms. The fourth-order valence-corrected chi connectivity index (χ4v) is 0.805. The van der Waals surface area contributed by atoms with Gasteiger partial charge in [0.05, 0.1) is 0 Å². The Bertz CT molecular complexity index is 249. The van der Waals surface area contributed by atoms with Crippen molar-refractivity contribution in [2.24, 2.45) is 4.99 Å². The number of rotatable bonds is 1. The molecule has 0 saturated carbocycles. The van der Waals surface area contributed by atoms with Crippen LogP contribution in [0.1, 0.15) is 6.92 Å². The van der Waals surface area contributed by atoms with E-state index in [-0.39, 0.29) is 0 Å². The zero-order chi connectivity index (χ0) is 8.10. The molecule has 0 atom stereocenters. The van der Waals surface area contributed by atoms with Gasteiger partial charge in [0.15, 0.2) is 0 Å². The van der Waals surface area contributed by atoms with Gasteiger partial charge in [-0.3, -0.25) is 0 Å². The van der Waals surface area contributed by atoms with Crippen molar-refractivity contribution in [2.45, 2.75) is 6.92 Å². The van der Waals surface area contributed by atoms with Gasteiger partial charge in [-0.1, -0.05) is 23.8 Å². The van der Waals surface area contributed by atoms with Crippen molar-refractivity contribution in [1.82, 2.24) is 5.32 Å². The maximum Gasteiger partial charge on any atom is 0.130 e. The van der Waals surface area contributed by atoms with Crippen LogP contribution >= 0.6 is 11.6 Å². The molecule has 0 radical (unpaired) electrons. The minimum atomic E-state index is 0.593. The second kappa shape index (κ2) is 3.98. The molecule has 0 aromatic rings. The topological polar surface area (TPSA) is 24.4 Å². The summed E-state index contributed by atoms with van der Waals surface area (Å²) in [6.07, 6.45) is 9.04. The third kappa shape index (κ3) is 2.60. The van der Waals surface area contributed by atoms with Gasteiger partial charge in [0.2, 0.25) is 0 Å². The Balaban J connectivity index is 2.65. The summed E-state index contributed by atoms with van der Waals surface area (Å²) < 4.78 is 0. The summed E-state index contributed by atoms with van der Waals surface area (Å²) in [6, 6.07) is 0. The van der Waals surface area contributed by atoms with Gasteiger partial charge in [-0.15, -0.1) is 0 Å². The molecule has 0 aromatic heterocycles. The summed E-state index contributed by atoms with van der Waals surface area (Å²) in [6.45, 7) is 1.95. The van der Waals surface area contributed by atoms with E-state index in [4.69, 9.17) is 11.6 Å². The smallest absolute Gasteiger partial charge is 0.130 e. The van der Waals surface area contributed by atoms with Crippen LogP contribution in [0.5, 0.6) is 0 Å². The van der Waals surface area contributed by atoms with E-state index in [9.17, 15) is 0 Å². The summed E-state index contributed by atoms with van der Waals surface area (Å²) in [4.78, 5) is 4.03. The highest BCUT2D eigenvalue weighted by Crippen LogP contribution is 2.05. The summed E-state index contributed by atoms with van der Waals surface area (Å²) in [5.41, 5.74) is 0. The minimum absolute atomic E-state index is 0.593. The molecule has 0 spiro atoms. The molecule has 1 aliphatic heterocycles. The third-order valence-corrected chi connectivity index (χ3v) is 1.35. The van der Waals surface area contributed by atoms with Crippen molar-refractivity contribution in [2.75, 3.05) is 0 Å². The number of nitrogens with zero attached hydrogens (tertiary/aromatic N) is 1. The van der Waals surface area contributed by atoms with Gasteiger partial charge < -0.3 is 5.32 Å². The van der Waals surface area contributed by atoms with E-state index in [1.807, 2.05) is 25.2 Å². The highest BCUT2D eigenvalue weighted by atomic mass is 35.5. The Hall–Kier alpha value is -1.02. The van der Waals surface area contributed by atoms with E-state index >= 15 is 0 Å². The monoisotopic (exact) mass is 168 g/mol. The van der Waals surface area contributed by atoms with Crippen molar-refractivity contribution in [3.05, 3.63) is 35.3 Å². The van der Waals surface area contributed by atoms with Gasteiger partial charge in [0.25, 0.3) is 0 Å². The lowest BCUT2D eigenvalue weighted by Gasteiger charge is -2.06. The first kappa shape index (κ1) is 8.08. The van der Waals surface area contributed by atoms with Gasteiger partial charge in [-0.05, 0) is 19.1 Å². The molecule has 0 bridgehead atoms. The molecule has 0 saturated heterocycles. The molecule has 0 aliphatic carbocycles. The average Bonchev–Trinajstić information content (AvgIpc) is 2.01. The highest BCUT2D eigenvalue weighted by Gasteiger charge is 1.97. The van der Waals surface area contributed by atoms with Crippen LogP contribution in [0.25, 0.3) is 0 Å². The second-order valence-corrected chi connectivity index (χ2v) is 2.40. The Morgan fingerprint density at radius 2 is 2.45 bits per heavy atom. The Morgan fingerprint density at radius 3 is 3.09 bits per heavy atom. The number of hydrogen-bond donors (Lipinski definition) is 1. The van der Waals surface area contributed by atoms with E-state index in [0.717, 1.165) is 5.82 Å². The number of hydrogen-bond acceptors (Lipinski definition) is 2. The molecule has 0 fully saturated rings. The van der Waals surface area contributed by atoms with Crippen LogP contribution in [0.4, 0.5) is 0 Å². The predicted octanol–water partition coefficient (Wildman–Crippen LogP) is 2.16. The van der Waals surface area contributed by atoms with Crippen LogP contribution in [-0.2, 0) is 0 Å². The van der Waals surface area contributed by atoms with Crippen LogP contribution in [0.15, 0.2) is 40.3 Å². The minimum Gasteiger partial charge on any atom is -0.331 e. The van der Waals surface area contributed by atoms with Crippen LogP contribution < -0.4 is 5.32 Å². The van der Waals surface area contributed by atoms with E-state index in [1.54, 1.807) is 12.3 Å². The van der Waals surface area contributed by atoms with Gasteiger partial charge >= 0.3 is 0 Å². The highest BCUT2D eigenvalue weighted by molar-refractivity contribution is 6.30. The van der Waals surface area contributed by atoms with E-state index in [1.165, 1.54) is 0 Å². The van der Waals surface area contributed by atoms with E-state index < -0.39 is 0 Å². The van der Waals surface area contributed by atoms with E-state index in [2.05, 4.69) is 10.3 Å². The summed E-state index contributed by atoms with van der Waals surface area (Å²) >= 11 is 5.68. The number of nitrogens with one attached hydrogen (secondary N) is 1. The first-order chi connectivity index (χ1) is 5.33. The van der Waals surface area contributed by atoms with Gasteiger partial charge in [-0.2, -0.15) is 0 Å². The Morgan fingerprint density at radius 1 is 1.64 bits per heavy atom. The van der Waals surface area contributed by atoms with Crippen molar-refractivity contribution in [1.29, 1.82) is 0 Å². The summed E-state index contributed by atoms with van der Waals surface area (Å²) in [5.74, 6) is 0.760. The lowest BCUT2D eigenvalue weighted by Crippen LogP contribution is -2.10. The van der Waals surface area contributed by atoms with E-state index in [0.29, 0.717) is 5.16 Å². The fourth-order valence-electron chi connectivity index (χ4n) is 0.651. The first-order valence-electron chi connectivity index (χ1n) is 3.33. The molecule has 58 valence electrons. The average molecular weight is 169 g/mol. The van der Waals surface area contributed by atoms with Crippen LogP contribution in [0, 0.1) is 0 Å².